The second kappa shape index (κ2) is 7.39. The molecule has 1 unspecified atom stereocenters. The summed E-state index contributed by atoms with van der Waals surface area (Å²) in [5.41, 5.74) is -0.704. The molecule has 1 atom stereocenters. The SMILES string of the molecule is CC(O)c1cc(NC(=O)c2cn(-c3cccc(C(F)(F)F)c3)nn2)ccc1F. The molecule has 146 valence electrons. The van der Waals surface area contributed by atoms with E-state index in [1.807, 2.05) is 0 Å². The summed E-state index contributed by atoms with van der Waals surface area (Å²) in [5, 5.41) is 19.3. The van der Waals surface area contributed by atoms with Crippen LogP contribution in [-0.2, 0) is 6.18 Å². The third kappa shape index (κ3) is 4.17. The Morgan fingerprint density at radius 1 is 1.21 bits per heavy atom. The van der Waals surface area contributed by atoms with E-state index in [4.69, 9.17) is 0 Å². The number of nitrogens with zero attached hydrogens (tertiary/aromatic N) is 3. The van der Waals surface area contributed by atoms with E-state index in [9.17, 15) is 27.5 Å². The number of hydrogen-bond donors (Lipinski definition) is 2. The number of amides is 1. The van der Waals surface area contributed by atoms with Gasteiger partial charge in [-0.3, -0.25) is 4.79 Å². The van der Waals surface area contributed by atoms with Crippen molar-refractivity contribution in [3.05, 3.63) is 71.3 Å². The Balaban J connectivity index is 1.81. The molecule has 1 aromatic heterocycles. The third-order valence-electron chi connectivity index (χ3n) is 3.87. The number of anilines is 1. The number of aliphatic hydroxyl groups is 1. The molecule has 0 aliphatic rings. The van der Waals surface area contributed by atoms with Gasteiger partial charge in [0.1, 0.15) is 5.82 Å². The molecule has 0 aliphatic heterocycles. The van der Waals surface area contributed by atoms with Gasteiger partial charge >= 0.3 is 6.18 Å². The lowest BCUT2D eigenvalue weighted by molar-refractivity contribution is -0.137. The van der Waals surface area contributed by atoms with Crippen LogP contribution in [0, 0.1) is 5.82 Å². The molecule has 0 spiro atoms. The van der Waals surface area contributed by atoms with Crippen LogP contribution < -0.4 is 5.32 Å². The quantitative estimate of drug-likeness (QED) is 0.661. The van der Waals surface area contributed by atoms with E-state index in [1.54, 1.807) is 0 Å². The van der Waals surface area contributed by atoms with Gasteiger partial charge in [0.2, 0.25) is 0 Å². The summed E-state index contributed by atoms with van der Waals surface area (Å²) in [4.78, 5) is 12.3. The highest BCUT2D eigenvalue weighted by Gasteiger charge is 2.30. The minimum absolute atomic E-state index is 0.00502. The average molecular weight is 394 g/mol. The standard InChI is InChI=1S/C18H14F4N4O2/c1-10(27)14-8-12(5-6-15(14)19)23-17(28)16-9-26(25-24-16)13-4-2-3-11(7-13)18(20,21)22/h2-10,27H,1H3,(H,23,28). The van der Waals surface area contributed by atoms with Crippen LogP contribution in [0.3, 0.4) is 0 Å². The van der Waals surface area contributed by atoms with Gasteiger partial charge in [-0.2, -0.15) is 13.2 Å². The van der Waals surface area contributed by atoms with Crippen molar-refractivity contribution in [2.24, 2.45) is 0 Å². The molecule has 0 aliphatic carbocycles. The van der Waals surface area contributed by atoms with E-state index in [-0.39, 0.29) is 22.6 Å². The molecule has 2 N–H and O–H groups in total. The number of benzene rings is 2. The van der Waals surface area contributed by atoms with Gasteiger partial charge in [-0.05, 0) is 43.3 Å². The summed E-state index contributed by atoms with van der Waals surface area (Å²) in [6, 6.07) is 8.08. The zero-order valence-electron chi connectivity index (χ0n) is 14.4. The second-order valence-electron chi connectivity index (χ2n) is 5.96. The molecule has 10 heteroatoms. The van der Waals surface area contributed by atoms with Crippen LogP contribution in [0.15, 0.2) is 48.7 Å². The van der Waals surface area contributed by atoms with E-state index in [1.165, 1.54) is 37.4 Å². The van der Waals surface area contributed by atoms with Crippen molar-refractivity contribution in [3.63, 3.8) is 0 Å². The van der Waals surface area contributed by atoms with Crippen molar-refractivity contribution in [2.45, 2.75) is 19.2 Å². The van der Waals surface area contributed by atoms with E-state index < -0.39 is 29.6 Å². The van der Waals surface area contributed by atoms with Gasteiger partial charge < -0.3 is 10.4 Å². The summed E-state index contributed by atoms with van der Waals surface area (Å²) in [7, 11) is 0. The Morgan fingerprint density at radius 2 is 1.96 bits per heavy atom. The van der Waals surface area contributed by atoms with Gasteiger partial charge in [-0.1, -0.05) is 11.3 Å². The Labute approximate surface area is 156 Å². The summed E-state index contributed by atoms with van der Waals surface area (Å²) in [6.45, 7) is 1.38. The van der Waals surface area contributed by atoms with Crippen LogP contribution in [0.5, 0.6) is 0 Å². The predicted octanol–water partition coefficient (Wildman–Crippen LogP) is 3.73. The number of carbonyl (C=O) groups excluding carboxylic acids is 1. The van der Waals surface area contributed by atoms with Crippen LogP contribution in [0.1, 0.15) is 34.6 Å². The first-order chi connectivity index (χ1) is 13.1. The first kappa shape index (κ1) is 19.5. The van der Waals surface area contributed by atoms with E-state index in [0.29, 0.717) is 0 Å². The van der Waals surface area contributed by atoms with Crippen molar-refractivity contribution in [1.82, 2.24) is 15.0 Å². The van der Waals surface area contributed by atoms with Gasteiger partial charge in [0.15, 0.2) is 5.69 Å². The normalized spacial score (nSPS) is 12.6. The van der Waals surface area contributed by atoms with Gasteiger partial charge in [0.25, 0.3) is 5.91 Å². The van der Waals surface area contributed by atoms with E-state index in [0.717, 1.165) is 22.9 Å². The summed E-state index contributed by atoms with van der Waals surface area (Å²) in [6.07, 6.45) is -4.41. The fraction of sp³-hybridized carbons (Fsp3) is 0.167. The van der Waals surface area contributed by atoms with Crippen molar-refractivity contribution < 1.29 is 27.5 Å². The number of aromatic nitrogens is 3. The van der Waals surface area contributed by atoms with Crippen molar-refractivity contribution >= 4 is 11.6 Å². The van der Waals surface area contributed by atoms with E-state index >= 15 is 0 Å². The minimum Gasteiger partial charge on any atom is -0.389 e. The Morgan fingerprint density at radius 3 is 2.64 bits per heavy atom. The fourth-order valence-corrected chi connectivity index (χ4v) is 2.46. The minimum atomic E-state index is -4.51. The molecule has 3 rings (SSSR count). The number of aliphatic hydroxyl groups excluding tert-OH is 1. The maximum absolute atomic E-state index is 13.6. The van der Waals surface area contributed by atoms with Gasteiger partial charge in [-0.15, -0.1) is 5.10 Å². The number of rotatable bonds is 4. The molecule has 0 saturated carbocycles. The smallest absolute Gasteiger partial charge is 0.389 e. The number of carbonyl (C=O) groups is 1. The highest BCUT2D eigenvalue weighted by atomic mass is 19.4. The van der Waals surface area contributed by atoms with Crippen molar-refractivity contribution in [3.8, 4) is 5.69 Å². The molecule has 0 radical (unpaired) electrons. The summed E-state index contributed by atoms with van der Waals surface area (Å²) >= 11 is 0. The molecule has 3 aromatic rings. The highest BCUT2D eigenvalue weighted by Crippen LogP contribution is 2.30. The van der Waals surface area contributed by atoms with Crippen LogP contribution in [-0.4, -0.2) is 26.0 Å². The van der Waals surface area contributed by atoms with Crippen molar-refractivity contribution in [2.75, 3.05) is 5.32 Å². The molecule has 1 amide bonds. The van der Waals surface area contributed by atoms with Gasteiger partial charge in [-0.25, -0.2) is 9.07 Å². The predicted molar refractivity (Wildman–Crippen MR) is 91.3 cm³/mol. The average Bonchev–Trinajstić information content (AvgIpc) is 3.13. The zero-order valence-corrected chi connectivity index (χ0v) is 14.4. The first-order valence-corrected chi connectivity index (χ1v) is 8.04. The molecule has 0 bridgehead atoms. The van der Waals surface area contributed by atoms with Crippen LogP contribution in [0.4, 0.5) is 23.2 Å². The molecular formula is C18H14F4N4O2. The number of alkyl halides is 3. The Bertz CT molecular complexity index is 1010. The van der Waals surface area contributed by atoms with Crippen molar-refractivity contribution in [1.29, 1.82) is 0 Å². The Kier molecular flexibility index (Phi) is 5.14. The molecule has 6 nitrogen and oxygen atoms in total. The molecule has 2 aromatic carbocycles. The number of nitrogens with one attached hydrogen (secondary N) is 1. The van der Waals surface area contributed by atoms with E-state index in [2.05, 4.69) is 15.6 Å². The lowest BCUT2D eigenvalue weighted by Gasteiger charge is -2.09. The zero-order chi connectivity index (χ0) is 20.5. The topological polar surface area (TPSA) is 80.0 Å². The lowest BCUT2D eigenvalue weighted by Crippen LogP contribution is -2.13. The summed E-state index contributed by atoms with van der Waals surface area (Å²) in [5.74, 6) is -1.31. The van der Waals surface area contributed by atoms with Crippen LogP contribution >= 0.6 is 0 Å². The molecule has 1 heterocycles. The molecule has 28 heavy (non-hydrogen) atoms. The lowest BCUT2D eigenvalue weighted by atomic mass is 10.1. The molecular weight excluding hydrogens is 380 g/mol. The first-order valence-electron chi connectivity index (χ1n) is 8.04. The number of halogens is 4. The third-order valence-corrected chi connectivity index (χ3v) is 3.87. The summed E-state index contributed by atoms with van der Waals surface area (Å²) < 4.78 is 53.1. The van der Waals surface area contributed by atoms with Crippen LogP contribution in [0.25, 0.3) is 5.69 Å². The van der Waals surface area contributed by atoms with Crippen LogP contribution in [0.2, 0.25) is 0 Å². The largest absolute Gasteiger partial charge is 0.416 e. The monoisotopic (exact) mass is 394 g/mol. The van der Waals surface area contributed by atoms with Gasteiger partial charge in [0.05, 0.1) is 23.6 Å². The highest BCUT2D eigenvalue weighted by molar-refractivity contribution is 6.02. The maximum atomic E-state index is 13.6. The number of hydrogen-bond acceptors (Lipinski definition) is 4. The molecule has 0 saturated heterocycles. The fourth-order valence-electron chi connectivity index (χ4n) is 2.46. The maximum Gasteiger partial charge on any atom is 0.416 e. The second-order valence-corrected chi connectivity index (χ2v) is 5.96. The molecule has 0 fully saturated rings. The Hall–Kier alpha value is -3.27. The van der Waals surface area contributed by atoms with Gasteiger partial charge in [0, 0.05) is 11.3 Å².